The SMILES string of the molecule is C=CCNc1nnc(S[C@@H](C(=O)N2CCOCC2)c2ccccc2)s1. The summed E-state index contributed by atoms with van der Waals surface area (Å²) in [7, 11) is 0. The topological polar surface area (TPSA) is 67.4 Å². The molecule has 1 saturated heterocycles. The fraction of sp³-hybridized carbons (Fsp3) is 0.353. The van der Waals surface area contributed by atoms with E-state index in [1.807, 2.05) is 35.2 Å². The van der Waals surface area contributed by atoms with Gasteiger partial charge in [0, 0.05) is 19.6 Å². The molecule has 8 heteroatoms. The molecule has 1 aromatic carbocycles. The lowest BCUT2D eigenvalue weighted by molar-refractivity contribution is -0.134. The molecule has 3 rings (SSSR count). The molecule has 132 valence electrons. The van der Waals surface area contributed by atoms with Crippen molar-refractivity contribution in [3.8, 4) is 0 Å². The van der Waals surface area contributed by atoms with Crippen molar-refractivity contribution >= 4 is 34.1 Å². The highest BCUT2D eigenvalue weighted by Crippen LogP contribution is 2.39. The number of anilines is 1. The van der Waals surface area contributed by atoms with Crippen LogP contribution in [0.2, 0.25) is 0 Å². The smallest absolute Gasteiger partial charge is 0.240 e. The molecule has 1 aliphatic rings. The van der Waals surface area contributed by atoms with E-state index in [0.717, 1.165) is 15.0 Å². The van der Waals surface area contributed by atoms with E-state index in [2.05, 4.69) is 22.1 Å². The van der Waals surface area contributed by atoms with Gasteiger partial charge >= 0.3 is 0 Å². The van der Waals surface area contributed by atoms with Crippen molar-refractivity contribution in [2.24, 2.45) is 0 Å². The summed E-state index contributed by atoms with van der Waals surface area (Å²) in [5, 5.41) is 11.8. The number of rotatable bonds is 7. The first-order chi connectivity index (χ1) is 12.3. The van der Waals surface area contributed by atoms with Gasteiger partial charge in [0.05, 0.1) is 13.2 Å². The minimum absolute atomic E-state index is 0.0929. The Balaban J connectivity index is 1.77. The van der Waals surface area contributed by atoms with Gasteiger partial charge in [-0.1, -0.05) is 59.5 Å². The van der Waals surface area contributed by atoms with Crippen LogP contribution in [0.1, 0.15) is 10.8 Å². The number of carbonyl (C=O) groups is 1. The highest BCUT2D eigenvalue weighted by atomic mass is 32.2. The normalized spacial score (nSPS) is 15.6. The van der Waals surface area contributed by atoms with Crippen LogP contribution in [-0.2, 0) is 9.53 Å². The number of carbonyl (C=O) groups excluding carboxylic acids is 1. The Morgan fingerprint density at radius 2 is 2.12 bits per heavy atom. The van der Waals surface area contributed by atoms with Crippen molar-refractivity contribution in [1.29, 1.82) is 0 Å². The van der Waals surface area contributed by atoms with E-state index in [9.17, 15) is 4.79 Å². The van der Waals surface area contributed by atoms with Crippen molar-refractivity contribution in [3.05, 3.63) is 48.6 Å². The average molecular weight is 377 g/mol. The van der Waals surface area contributed by atoms with Gasteiger partial charge in [-0.15, -0.1) is 16.8 Å². The molecule has 1 amide bonds. The number of amides is 1. The highest BCUT2D eigenvalue weighted by Gasteiger charge is 2.29. The van der Waals surface area contributed by atoms with Gasteiger partial charge in [0.1, 0.15) is 5.25 Å². The number of nitrogens with zero attached hydrogens (tertiary/aromatic N) is 3. The molecule has 2 aromatic rings. The van der Waals surface area contributed by atoms with Crippen molar-refractivity contribution < 1.29 is 9.53 Å². The van der Waals surface area contributed by atoms with Gasteiger partial charge in [-0.3, -0.25) is 4.79 Å². The van der Waals surface area contributed by atoms with Crippen molar-refractivity contribution in [1.82, 2.24) is 15.1 Å². The lowest BCUT2D eigenvalue weighted by Gasteiger charge is -2.30. The number of hydrogen-bond donors (Lipinski definition) is 1. The first-order valence-electron chi connectivity index (χ1n) is 8.04. The van der Waals surface area contributed by atoms with Crippen LogP contribution < -0.4 is 5.32 Å². The van der Waals surface area contributed by atoms with Crippen molar-refractivity contribution in [2.75, 3.05) is 38.2 Å². The number of hydrogen-bond acceptors (Lipinski definition) is 7. The van der Waals surface area contributed by atoms with Crippen molar-refractivity contribution in [2.45, 2.75) is 9.59 Å². The summed E-state index contributed by atoms with van der Waals surface area (Å²) >= 11 is 2.89. The van der Waals surface area contributed by atoms with Crippen LogP contribution >= 0.6 is 23.1 Å². The molecular weight excluding hydrogens is 356 g/mol. The number of thioether (sulfide) groups is 1. The summed E-state index contributed by atoms with van der Waals surface area (Å²) in [6.45, 7) is 6.75. The largest absolute Gasteiger partial charge is 0.378 e. The number of aromatic nitrogens is 2. The van der Waals surface area contributed by atoms with Crippen LogP contribution in [0.15, 0.2) is 47.3 Å². The van der Waals surface area contributed by atoms with Gasteiger partial charge in [0.2, 0.25) is 11.0 Å². The quantitative estimate of drug-likeness (QED) is 0.592. The third kappa shape index (κ3) is 4.81. The van der Waals surface area contributed by atoms with E-state index in [0.29, 0.717) is 32.8 Å². The number of benzene rings is 1. The summed E-state index contributed by atoms with van der Waals surface area (Å²) in [6.07, 6.45) is 1.77. The zero-order valence-electron chi connectivity index (χ0n) is 13.8. The molecular formula is C17H20N4O2S2. The maximum Gasteiger partial charge on any atom is 0.240 e. The van der Waals surface area contributed by atoms with Gasteiger partial charge in [0.25, 0.3) is 0 Å². The summed E-state index contributed by atoms with van der Waals surface area (Å²) in [4.78, 5) is 14.9. The Morgan fingerprint density at radius 3 is 2.84 bits per heavy atom. The fourth-order valence-corrected chi connectivity index (χ4v) is 4.46. The predicted octanol–water partition coefficient (Wildman–Crippen LogP) is 2.83. The van der Waals surface area contributed by atoms with Crippen LogP contribution in [-0.4, -0.2) is 53.9 Å². The molecule has 0 bridgehead atoms. The van der Waals surface area contributed by atoms with E-state index < -0.39 is 0 Å². The molecule has 6 nitrogen and oxygen atoms in total. The minimum atomic E-state index is -0.334. The zero-order valence-corrected chi connectivity index (χ0v) is 15.4. The van der Waals surface area contributed by atoms with Gasteiger partial charge in [-0.05, 0) is 5.56 Å². The van der Waals surface area contributed by atoms with E-state index in [-0.39, 0.29) is 11.2 Å². The molecule has 1 aliphatic heterocycles. The molecule has 0 spiro atoms. The average Bonchev–Trinajstić information content (AvgIpc) is 3.13. The summed E-state index contributed by atoms with van der Waals surface area (Å²) in [5.74, 6) is 0.0929. The molecule has 1 aromatic heterocycles. The second-order valence-electron chi connectivity index (χ2n) is 5.39. The fourth-order valence-electron chi connectivity index (χ4n) is 2.43. The Bertz CT molecular complexity index is 702. The first kappa shape index (κ1) is 17.9. The lowest BCUT2D eigenvalue weighted by atomic mass is 10.1. The maximum absolute atomic E-state index is 13.1. The molecule has 1 atom stereocenters. The second-order valence-corrected chi connectivity index (χ2v) is 7.72. The van der Waals surface area contributed by atoms with E-state index in [1.54, 1.807) is 6.08 Å². The monoisotopic (exact) mass is 376 g/mol. The van der Waals surface area contributed by atoms with Crippen LogP contribution in [0.3, 0.4) is 0 Å². The molecule has 2 heterocycles. The van der Waals surface area contributed by atoms with E-state index in [1.165, 1.54) is 23.1 Å². The molecule has 0 radical (unpaired) electrons. The molecule has 0 unspecified atom stereocenters. The molecule has 1 N–H and O–H groups in total. The first-order valence-corrected chi connectivity index (χ1v) is 9.74. The third-order valence-corrected chi connectivity index (χ3v) is 5.88. The summed E-state index contributed by atoms with van der Waals surface area (Å²) in [5.41, 5.74) is 0.972. The lowest BCUT2D eigenvalue weighted by Crippen LogP contribution is -2.42. The summed E-state index contributed by atoms with van der Waals surface area (Å²) < 4.78 is 6.12. The number of ether oxygens (including phenoxy) is 1. The molecule has 0 saturated carbocycles. The zero-order chi connectivity index (χ0) is 17.5. The van der Waals surface area contributed by atoms with Gasteiger partial charge in [-0.2, -0.15) is 0 Å². The standard InChI is InChI=1S/C17H20N4O2S2/c1-2-8-18-16-19-20-17(25-16)24-14(13-6-4-3-5-7-13)15(22)21-9-11-23-12-10-21/h2-7,14H,1,8-12H2,(H,18,19)/t14-/m1/s1. The molecule has 25 heavy (non-hydrogen) atoms. The molecule has 1 fully saturated rings. The van der Waals surface area contributed by atoms with Gasteiger partial charge < -0.3 is 15.0 Å². The van der Waals surface area contributed by atoms with Crippen LogP contribution in [0.5, 0.6) is 0 Å². The summed E-state index contributed by atoms with van der Waals surface area (Å²) in [6, 6.07) is 9.81. The predicted molar refractivity (Wildman–Crippen MR) is 101 cm³/mol. The highest BCUT2D eigenvalue weighted by molar-refractivity contribution is 8.01. The number of morpholine rings is 1. The molecule has 0 aliphatic carbocycles. The van der Waals surface area contributed by atoms with Crippen LogP contribution in [0, 0.1) is 0 Å². The Morgan fingerprint density at radius 1 is 1.36 bits per heavy atom. The van der Waals surface area contributed by atoms with Gasteiger partial charge in [0.15, 0.2) is 4.34 Å². The maximum atomic E-state index is 13.1. The second kappa shape index (κ2) is 8.98. The third-order valence-electron chi connectivity index (χ3n) is 3.67. The Labute approximate surface area is 155 Å². The number of nitrogens with one attached hydrogen (secondary N) is 1. The van der Waals surface area contributed by atoms with E-state index >= 15 is 0 Å². The minimum Gasteiger partial charge on any atom is -0.378 e. The van der Waals surface area contributed by atoms with Crippen molar-refractivity contribution in [3.63, 3.8) is 0 Å². The van der Waals surface area contributed by atoms with Gasteiger partial charge in [-0.25, -0.2) is 0 Å². The van der Waals surface area contributed by atoms with Crippen LogP contribution in [0.25, 0.3) is 0 Å². The Kier molecular flexibility index (Phi) is 6.43. The Hall–Kier alpha value is -1.90. The van der Waals surface area contributed by atoms with E-state index in [4.69, 9.17) is 4.74 Å². The van der Waals surface area contributed by atoms with Crippen LogP contribution in [0.4, 0.5) is 5.13 Å².